The number of benzene rings is 1. The molecule has 0 spiro atoms. The molecule has 1 aliphatic rings. The molecular weight excluding hydrogens is 328 g/mol. The van der Waals surface area contributed by atoms with Crippen LogP contribution >= 0.6 is 12.4 Å². The number of hydrogen-bond acceptors (Lipinski definition) is 4. The van der Waals surface area contributed by atoms with Crippen molar-refractivity contribution < 1.29 is 14.3 Å². The summed E-state index contributed by atoms with van der Waals surface area (Å²) in [6, 6.07) is 6.01. The van der Waals surface area contributed by atoms with Crippen molar-refractivity contribution in [1.29, 1.82) is 0 Å². The molecule has 134 valence electrons. The zero-order chi connectivity index (χ0) is 16.7. The van der Waals surface area contributed by atoms with E-state index in [4.69, 9.17) is 9.47 Å². The van der Waals surface area contributed by atoms with Gasteiger partial charge in [-0.1, -0.05) is 12.1 Å². The van der Waals surface area contributed by atoms with Crippen LogP contribution in [0.25, 0.3) is 0 Å². The van der Waals surface area contributed by atoms with Crippen molar-refractivity contribution in [2.45, 2.75) is 25.3 Å². The Morgan fingerprint density at radius 1 is 1.38 bits per heavy atom. The number of likely N-dealkylation sites (N-methyl/N-ethyl adjacent to an activating group) is 1. The van der Waals surface area contributed by atoms with Gasteiger partial charge in [0.1, 0.15) is 0 Å². The van der Waals surface area contributed by atoms with E-state index in [1.807, 2.05) is 31.3 Å². The van der Waals surface area contributed by atoms with Crippen LogP contribution in [0.2, 0.25) is 0 Å². The minimum Gasteiger partial charge on any atom is -0.493 e. The predicted molar refractivity (Wildman–Crippen MR) is 98.3 cm³/mol. The molecule has 0 aromatic heterocycles. The van der Waals surface area contributed by atoms with Crippen LogP contribution in [0.15, 0.2) is 30.9 Å². The maximum absolute atomic E-state index is 12.3. The third-order valence-electron chi connectivity index (χ3n) is 4.21. The van der Waals surface area contributed by atoms with E-state index in [9.17, 15) is 4.79 Å². The van der Waals surface area contributed by atoms with Gasteiger partial charge in [0.15, 0.2) is 18.1 Å². The number of carbonyl (C=O) groups excluding carboxylic acids is 1. The van der Waals surface area contributed by atoms with Crippen molar-refractivity contribution in [3.05, 3.63) is 36.4 Å². The Morgan fingerprint density at radius 3 is 2.71 bits per heavy atom. The Balaban J connectivity index is 0.00000288. The van der Waals surface area contributed by atoms with E-state index in [2.05, 4.69) is 11.9 Å². The van der Waals surface area contributed by atoms with E-state index < -0.39 is 0 Å². The number of allylic oxidation sites excluding steroid dienone is 1. The van der Waals surface area contributed by atoms with Crippen molar-refractivity contribution >= 4 is 18.3 Å². The van der Waals surface area contributed by atoms with Gasteiger partial charge in [-0.3, -0.25) is 4.79 Å². The molecule has 0 radical (unpaired) electrons. The molecule has 1 aliphatic heterocycles. The van der Waals surface area contributed by atoms with E-state index in [0.29, 0.717) is 17.5 Å². The summed E-state index contributed by atoms with van der Waals surface area (Å²) in [5, 5.41) is 3.30. The fraction of sp³-hybridized carbons (Fsp3) is 0.500. The maximum Gasteiger partial charge on any atom is 0.260 e. The lowest BCUT2D eigenvalue weighted by Gasteiger charge is -2.31. The van der Waals surface area contributed by atoms with Crippen LogP contribution in [0.3, 0.4) is 0 Å². The summed E-state index contributed by atoms with van der Waals surface area (Å²) in [4.78, 5) is 14.1. The molecule has 1 heterocycles. The first-order chi connectivity index (χ1) is 11.2. The summed E-state index contributed by atoms with van der Waals surface area (Å²) < 4.78 is 11.0. The van der Waals surface area contributed by atoms with Gasteiger partial charge in [-0.25, -0.2) is 0 Å². The SMILES string of the molecule is C=CCc1ccc(OCC(=O)N(C)C2CCNCC2)c(OC)c1.Cl. The Morgan fingerprint density at radius 2 is 2.08 bits per heavy atom. The molecule has 0 bridgehead atoms. The zero-order valence-electron chi connectivity index (χ0n) is 14.4. The molecule has 5 nitrogen and oxygen atoms in total. The summed E-state index contributed by atoms with van der Waals surface area (Å²) in [5.74, 6) is 1.23. The highest BCUT2D eigenvalue weighted by Crippen LogP contribution is 2.28. The smallest absolute Gasteiger partial charge is 0.260 e. The summed E-state index contributed by atoms with van der Waals surface area (Å²) in [5.41, 5.74) is 1.10. The molecule has 0 aliphatic carbocycles. The molecule has 1 amide bonds. The number of hydrogen-bond donors (Lipinski definition) is 1. The Labute approximate surface area is 150 Å². The maximum atomic E-state index is 12.3. The van der Waals surface area contributed by atoms with Gasteiger partial charge in [-0.05, 0) is 50.0 Å². The highest BCUT2D eigenvalue weighted by atomic mass is 35.5. The lowest BCUT2D eigenvalue weighted by atomic mass is 10.1. The molecule has 0 unspecified atom stereocenters. The minimum atomic E-state index is -0.00544. The highest BCUT2D eigenvalue weighted by Gasteiger charge is 2.22. The van der Waals surface area contributed by atoms with Gasteiger partial charge in [0.05, 0.1) is 7.11 Å². The molecule has 1 aromatic rings. The summed E-state index contributed by atoms with van der Waals surface area (Å²) in [6.45, 7) is 5.68. The number of nitrogens with zero attached hydrogens (tertiary/aromatic N) is 1. The fourth-order valence-corrected chi connectivity index (χ4v) is 2.76. The molecule has 0 saturated carbocycles. The van der Waals surface area contributed by atoms with E-state index in [1.165, 1.54) is 0 Å². The largest absolute Gasteiger partial charge is 0.493 e. The summed E-state index contributed by atoms with van der Waals surface area (Å²) in [6.07, 6.45) is 4.59. The van der Waals surface area contributed by atoms with Gasteiger partial charge in [0.25, 0.3) is 5.91 Å². The summed E-state index contributed by atoms with van der Waals surface area (Å²) in [7, 11) is 3.45. The van der Waals surface area contributed by atoms with Gasteiger partial charge in [0.2, 0.25) is 0 Å². The standard InChI is InChI=1S/C18H26N2O3.ClH/c1-4-5-14-6-7-16(17(12-14)22-3)23-13-18(21)20(2)15-8-10-19-11-9-15;/h4,6-7,12,15,19H,1,5,8-11,13H2,2-3H3;1H. The normalized spacial score (nSPS) is 14.4. The van der Waals surface area contributed by atoms with Gasteiger partial charge in [-0.2, -0.15) is 0 Å². The average Bonchev–Trinajstić information content (AvgIpc) is 2.60. The molecule has 2 rings (SSSR count). The molecule has 1 saturated heterocycles. The van der Waals surface area contributed by atoms with E-state index in [0.717, 1.165) is 37.9 Å². The average molecular weight is 355 g/mol. The number of halogens is 1. The molecule has 1 N–H and O–H groups in total. The van der Waals surface area contributed by atoms with E-state index in [-0.39, 0.29) is 24.9 Å². The fourth-order valence-electron chi connectivity index (χ4n) is 2.76. The Hall–Kier alpha value is -1.72. The number of ether oxygens (including phenoxy) is 2. The quantitative estimate of drug-likeness (QED) is 0.764. The second-order valence-corrected chi connectivity index (χ2v) is 5.75. The van der Waals surface area contributed by atoms with Crippen molar-refractivity contribution in [3.63, 3.8) is 0 Å². The van der Waals surface area contributed by atoms with Crippen LogP contribution < -0.4 is 14.8 Å². The molecule has 24 heavy (non-hydrogen) atoms. The predicted octanol–water partition coefficient (Wildman–Crippen LogP) is 2.43. The molecule has 6 heteroatoms. The number of methoxy groups -OCH3 is 1. The van der Waals surface area contributed by atoms with Crippen LogP contribution in [0.1, 0.15) is 18.4 Å². The first-order valence-corrected chi connectivity index (χ1v) is 8.02. The Bertz CT molecular complexity index is 545. The monoisotopic (exact) mass is 354 g/mol. The van der Waals surface area contributed by atoms with Crippen LogP contribution in [0.4, 0.5) is 0 Å². The van der Waals surface area contributed by atoms with Crippen molar-refractivity contribution in [3.8, 4) is 11.5 Å². The van der Waals surface area contributed by atoms with Crippen LogP contribution in [-0.2, 0) is 11.2 Å². The van der Waals surface area contributed by atoms with Crippen molar-refractivity contribution in [1.82, 2.24) is 10.2 Å². The number of nitrogens with one attached hydrogen (secondary N) is 1. The number of carbonyl (C=O) groups is 1. The van der Waals surface area contributed by atoms with Crippen molar-refractivity contribution in [2.75, 3.05) is 33.9 Å². The van der Waals surface area contributed by atoms with Gasteiger partial charge < -0.3 is 19.7 Å². The Kier molecular flexibility index (Phi) is 8.65. The number of piperidine rings is 1. The van der Waals surface area contributed by atoms with Crippen molar-refractivity contribution in [2.24, 2.45) is 0 Å². The third kappa shape index (κ3) is 5.42. The molecular formula is C18H27ClN2O3. The van der Waals surface area contributed by atoms with Crippen LogP contribution in [0, 0.1) is 0 Å². The number of amides is 1. The van der Waals surface area contributed by atoms with Crippen LogP contribution in [0.5, 0.6) is 11.5 Å². The lowest BCUT2D eigenvalue weighted by Crippen LogP contribution is -2.45. The number of rotatable bonds is 7. The van der Waals surface area contributed by atoms with E-state index >= 15 is 0 Å². The highest BCUT2D eigenvalue weighted by molar-refractivity contribution is 5.85. The minimum absolute atomic E-state index is 0. The van der Waals surface area contributed by atoms with Gasteiger partial charge >= 0.3 is 0 Å². The first kappa shape index (κ1) is 20.3. The lowest BCUT2D eigenvalue weighted by molar-refractivity contribution is -0.134. The zero-order valence-corrected chi connectivity index (χ0v) is 15.2. The second-order valence-electron chi connectivity index (χ2n) is 5.75. The second kappa shape index (κ2) is 10.2. The molecule has 1 fully saturated rings. The van der Waals surface area contributed by atoms with Crippen LogP contribution in [-0.4, -0.2) is 50.7 Å². The summed E-state index contributed by atoms with van der Waals surface area (Å²) >= 11 is 0. The molecule has 0 atom stereocenters. The van der Waals surface area contributed by atoms with Gasteiger partial charge in [0, 0.05) is 13.1 Å². The first-order valence-electron chi connectivity index (χ1n) is 8.02. The topological polar surface area (TPSA) is 50.8 Å². The van der Waals surface area contributed by atoms with E-state index in [1.54, 1.807) is 12.0 Å². The van der Waals surface area contributed by atoms with Gasteiger partial charge in [-0.15, -0.1) is 19.0 Å². The molecule has 1 aromatic carbocycles. The third-order valence-corrected chi connectivity index (χ3v) is 4.21.